The molecule has 1 saturated heterocycles. The molecule has 1 aliphatic carbocycles. The van der Waals surface area contributed by atoms with Gasteiger partial charge in [-0.15, -0.1) is 0 Å². The molecular weight excluding hydrogens is 206 g/mol. The topological polar surface area (TPSA) is 57.6 Å². The van der Waals surface area contributed by atoms with E-state index in [1.807, 2.05) is 13.8 Å². The number of amides is 2. The van der Waals surface area contributed by atoms with E-state index in [1.54, 1.807) is 0 Å². The zero-order chi connectivity index (χ0) is 11.9. The van der Waals surface area contributed by atoms with Crippen LogP contribution in [0.5, 0.6) is 0 Å². The molecule has 0 bridgehead atoms. The Kier molecular flexibility index (Phi) is 3.02. The van der Waals surface area contributed by atoms with E-state index in [1.165, 1.54) is 4.90 Å². The number of rotatable bonds is 2. The fourth-order valence-electron chi connectivity index (χ4n) is 2.87. The van der Waals surface area contributed by atoms with Crippen LogP contribution in [0.4, 0.5) is 0 Å². The van der Waals surface area contributed by atoms with E-state index in [0.717, 1.165) is 19.3 Å². The van der Waals surface area contributed by atoms with Crippen LogP contribution < -0.4 is 0 Å². The van der Waals surface area contributed by atoms with E-state index < -0.39 is 0 Å². The first kappa shape index (κ1) is 11.6. The fourth-order valence-corrected chi connectivity index (χ4v) is 2.87. The average Bonchev–Trinajstić information content (AvgIpc) is 2.80. The number of hydrogen-bond acceptors (Lipinski definition) is 3. The first-order valence-corrected chi connectivity index (χ1v) is 6.05. The molecule has 90 valence electrons. The average molecular weight is 225 g/mol. The van der Waals surface area contributed by atoms with Crippen LogP contribution in [0.25, 0.3) is 0 Å². The predicted molar refractivity (Wildman–Crippen MR) is 58.4 cm³/mol. The molecule has 4 nitrogen and oxygen atoms in total. The molecule has 0 aromatic carbocycles. The lowest BCUT2D eigenvalue weighted by molar-refractivity contribution is -0.143. The molecular formula is C12H19NO3. The summed E-state index contributed by atoms with van der Waals surface area (Å²) in [6, 6.07) is -0.0580. The summed E-state index contributed by atoms with van der Waals surface area (Å²) in [7, 11) is 0. The van der Waals surface area contributed by atoms with E-state index in [0.29, 0.717) is 0 Å². The maximum Gasteiger partial charge on any atom is 0.233 e. The number of nitrogens with zero attached hydrogens (tertiary/aromatic N) is 1. The third-order valence-electron chi connectivity index (χ3n) is 4.19. The van der Waals surface area contributed by atoms with Crippen molar-refractivity contribution in [2.75, 3.05) is 6.61 Å². The molecule has 0 aromatic heterocycles. The van der Waals surface area contributed by atoms with Gasteiger partial charge in [0.05, 0.1) is 0 Å². The van der Waals surface area contributed by atoms with Gasteiger partial charge in [-0.3, -0.25) is 14.5 Å². The monoisotopic (exact) mass is 225 g/mol. The second kappa shape index (κ2) is 4.17. The Labute approximate surface area is 95.6 Å². The van der Waals surface area contributed by atoms with Crippen LogP contribution in [0.1, 0.15) is 33.1 Å². The molecule has 4 unspecified atom stereocenters. The zero-order valence-corrected chi connectivity index (χ0v) is 9.85. The summed E-state index contributed by atoms with van der Waals surface area (Å²) in [5.74, 6) is -0.420. The van der Waals surface area contributed by atoms with Crippen LogP contribution >= 0.6 is 0 Å². The van der Waals surface area contributed by atoms with Crippen LogP contribution in [0.3, 0.4) is 0 Å². The van der Waals surface area contributed by atoms with Gasteiger partial charge in [0.2, 0.25) is 11.8 Å². The van der Waals surface area contributed by atoms with Crippen molar-refractivity contribution >= 4 is 11.8 Å². The Morgan fingerprint density at radius 2 is 1.75 bits per heavy atom. The van der Waals surface area contributed by atoms with E-state index in [9.17, 15) is 14.7 Å². The first-order valence-electron chi connectivity index (χ1n) is 6.05. The van der Waals surface area contributed by atoms with E-state index in [4.69, 9.17) is 0 Å². The molecule has 4 atom stereocenters. The van der Waals surface area contributed by atoms with Gasteiger partial charge in [-0.2, -0.15) is 0 Å². The lowest BCUT2D eigenvalue weighted by Crippen LogP contribution is -2.43. The summed E-state index contributed by atoms with van der Waals surface area (Å²) in [5, 5.41) is 9.25. The second-order valence-electron chi connectivity index (χ2n) is 5.06. The van der Waals surface area contributed by atoms with Crippen molar-refractivity contribution in [3.8, 4) is 0 Å². The van der Waals surface area contributed by atoms with Crippen molar-refractivity contribution in [3.63, 3.8) is 0 Å². The molecule has 2 amide bonds. The summed E-state index contributed by atoms with van der Waals surface area (Å²) in [5.41, 5.74) is 0. The van der Waals surface area contributed by atoms with Crippen LogP contribution in [0.2, 0.25) is 0 Å². The van der Waals surface area contributed by atoms with Crippen LogP contribution in [0, 0.1) is 17.8 Å². The predicted octanol–water partition coefficient (Wildman–Crippen LogP) is 0.788. The third-order valence-corrected chi connectivity index (χ3v) is 4.19. The Hall–Kier alpha value is -0.900. The molecule has 2 rings (SSSR count). The third kappa shape index (κ3) is 1.56. The summed E-state index contributed by atoms with van der Waals surface area (Å²) < 4.78 is 0. The van der Waals surface area contributed by atoms with Gasteiger partial charge in [0.25, 0.3) is 0 Å². The fraction of sp³-hybridized carbons (Fsp3) is 0.833. The highest BCUT2D eigenvalue weighted by Crippen LogP contribution is 2.36. The molecule has 2 fully saturated rings. The Morgan fingerprint density at radius 3 is 2.25 bits per heavy atom. The zero-order valence-electron chi connectivity index (χ0n) is 9.85. The van der Waals surface area contributed by atoms with Gasteiger partial charge in [0.15, 0.2) is 0 Å². The number of imide groups is 1. The highest BCUT2D eigenvalue weighted by atomic mass is 16.3. The maximum absolute atomic E-state index is 12.0. The minimum absolute atomic E-state index is 0.0529. The lowest BCUT2D eigenvalue weighted by atomic mass is 10.00. The van der Waals surface area contributed by atoms with Gasteiger partial charge < -0.3 is 5.11 Å². The highest BCUT2D eigenvalue weighted by molar-refractivity contribution is 6.05. The summed E-state index contributed by atoms with van der Waals surface area (Å²) in [6.45, 7) is 3.70. The second-order valence-corrected chi connectivity index (χ2v) is 5.06. The molecule has 0 spiro atoms. The van der Waals surface area contributed by atoms with E-state index in [-0.39, 0.29) is 42.2 Å². The first-order chi connectivity index (χ1) is 7.57. The molecule has 1 heterocycles. The van der Waals surface area contributed by atoms with Gasteiger partial charge in [-0.25, -0.2) is 0 Å². The van der Waals surface area contributed by atoms with Crippen molar-refractivity contribution in [1.29, 1.82) is 0 Å². The van der Waals surface area contributed by atoms with Gasteiger partial charge in [-0.05, 0) is 12.8 Å². The molecule has 4 heteroatoms. The van der Waals surface area contributed by atoms with Crippen LogP contribution in [-0.4, -0.2) is 34.5 Å². The van der Waals surface area contributed by atoms with Crippen molar-refractivity contribution < 1.29 is 14.7 Å². The summed E-state index contributed by atoms with van der Waals surface area (Å²) >= 11 is 0. The largest absolute Gasteiger partial charge is 0.396 e. The quantitative estimate of drug-likeness (QED) is 0.707. The minimum atomic E-state index is -0.201. The Bertz CT molecular complexity index is 295. The van der Waals surface area contributed by atoms with Crippen LogP contribution in [-0.2, 0) is 9.59 Å². The summed E-state index contributed by atoms with van der Waals surface area (Å²) in [6.07, 6.45) is 2.76. The van der Waals surface area contributed by atoms with Crippen molar-refractivity contribution in [3.05, 3.63) is 0 Å². The van der Waals surface area contributed by atoms with Crippen molar-refractivity contribution in [2.45, 2.75) is 39.2 Å². The number of hydrogen-bond donors (Lipinski definition) is 1. The number of likely N-dealkylation sites (tertiary alicyclic amines) is 1. The Morgan fingerprint density at radius 1 is 1.19 bits per heavy atom. The molecule has 1 N–H and O–H groups in total. The highest BCUT2D eigenvalue weighted by Gasteiger charge is 2.48. The SMILES string of the molecule is CC1C(=O)N(C2CCCC2CO)C(=O)C1C. The van der Waals surface area contributed by atoms with Gasteiger partial charge in [0, 0.05) is 30.4 Å². The maximum atomic E-state index is 12.0. The summed E-state index contributed by atoms with van der Waals surface area (Å²) in [4.78, 5) is 25.4. The minimum Gasteiger partial charge on any atom is -0.396 e. The van der Waals surface area contributed by atoms with Gasteiger partial charge in [-0.1, -0.05) is 20.3 Å². The lowest BCUT2D eigenvalue weighted by Gasteiger charge is -2.27. The van der Waals surface area contributed by atoms with Crippen molar-refractivity contribution in [2.24, 2.45) is 17.8 Å². The van der Waals surface area contributed by atoms with Gasteiger partial charge >= 0.3 is 0 Å². The normalized spacial score (nSPS) is 39.8. The Balaban J connectivity index is 2.21. The molecule has 1 aliphatic heterocycles. The van der Waals surface area contributed by atoms with E-state index >= 15 is 0 Å². The standard InChI is InChI=1S/C12H19NO3/c1-7-8(2)12(16)13(11(7)15)10-5-3-4-9(10)6-14/h7-10,14H,3-6H2,1-2H3. The molecule has 2 aliphatic rings. The smallest absolute Gasteiger partial charge is 0.233 e. The molecule has 0 aromatic rings. The van der Waals surface area contributed by atoms with E-state index in [2.05, 4.69) is 0 Å². The molecule has 0 radical (unpaired) electrons. The number of carbonyl (C=O) groups is 2. The number of aliphatic hydroxyl groups excluding tert-OH is 1. The number of aliphatic hydroxyl groups is 1. The number of carbonyl (C=O) groups excluding carboxylic acids is 2. The van der Waals surface area contributed by atoms with Crippen LogP contribution in [0.15, 0.2) is 0 Å². The molecule has 1 saturated carbocycles. The molecule has 16 heavy (non-hydrogen) atoms. The van der Waals surface area contributed by atoms with Crippen molar-refractivity contribution in [1.82, 2.24) is 4.90 Å². The van der Waals surface area contributed by atoms with Gasteiger partial charge in [0.1, 0.15) is 0 Å².